The van der Waals surface area contributed by atoms with Gasteiger partial charge in [0.25, 0.3) is 0 Å². The summed E-state index contributed by atoms with van der Waals surface area (Å²) in [6, 6.07) is 17.2. The first-order valence-corrected chi connectivity index (χ1v) is 32.0. The summed E-state index contributed by atoms with van der Waals surface area (Å²) in [5, 5.41) is 40.5. The van der Waals surface area contributed by atoms with Crippen molar-refractivity contribution in [3.05, 3.63) is 132 Å². The quantitative estimate of drug-likeness (QED) is 0.0146. The van der Waals surface area contributed by atoms with E-state index in [1.807, 2.05) is 13.8 Å². The summed E-state index contributed by atoms with van der Waals surface area (Å²) in [6.07, 6.45) is 3.14. The molecular weight excluding hydrogens is 1190 g/mol. The molecule has 1 aliphatic rings. The molecule has 15 N–H and O–H groups in total. The van der Waals surface area contributed by atoms with Crippen molar-refractivity contribution in [1.82, 2.24) is 51.8 Å². The predicted octanol–water partition coefficient (Wildman–Crippen LogP) is 0.172. The number of aliphatic imine (C=N–C) groups is 1. The third-order valence-electron chi connectivity index (χ3n) is 14.9. The number of ether oxygens (including phenoxy) is 2. The van der Waals surface area contributed by atoms with Crippen molar-refractivity contribution in [2.45, 2.75) is 127 Å². The molecule has 0 unspecified atom stereocenters. The van der Waals surface area contributed by atoms with Crippen LogP contribution in [0.15, 0.2) is 114 Å². The number of sulfonamides is 1. The van der Waals surface area contributed by atoms with E-state index in [4.69, 9.17) is 20.9 Å². The number of hydrogen-bond donors (Lipinski definition) is 13. The van der Waals surface area contributed by atoms with Gasteiger partial charge < -0.3 is 78.3 Å². The molecule has 8 amide bonds. The second-order valence-electron chi connectivity index (χ2n) is 22.6. The van der Waals surface area contributed by atoms with E-state index in [1.165, 1.54) is 36.3 Å². The van der Waals surface area contributed by atoms with Crippen molar-refractivity contribution < 1.29 is 66.5 Å². The number of fused-ring (bicyclic) bond motifs is 1. The second kappa shape index (κ2) is 34.7. The van der Waals surface area contributed by atoms with E-state index in [0.29, 0.717) is 52.7 Å². The number of para-hydroxylation sites is 1. The number of rotatable bonds is 35. The molecule has 6 rings (SSSR count). The van der Waals surface area contributed by atoms with E-state index >= 15 is 0 Å². The van der Waals surface area contributed by atoms with Crippen LogP contribution in [0.2, 0.25) is 0 Å². The maximum Gasteiger partial charge on any atom is 0.245 e. The van der Waals surface area contributed by atoms with Crippen molar-refractivity contribution in [2.24, 2.45) is 22.4 Å². The molecule has 0 aliphatic carbocycles. The van der Waals surface area contributed by atoms with Crippen LogP contribution in [0.3, 0.4) is 0 Å². The van der Waals surface area contributed by atoms with Crippen LogP contribution in [-0.2, 0) is 79.0 Å². The number of aromatic hydroxyl groups is 1. The molecule has 1 aromatic heterocycles. The summed E-state index contributed by atoms with van der Waals surface area (Å²) in [4.78, 5) is 124. The number of nitrogens with zero attached hydrogens (tertiary/aromatic N) is 2. The summed E-state index contributed by atoms with van der Waals surface area (Å²) in [5.74, 6) is -6.40. The molecule has 1 aliphatic heterocycles. The summed E-state index contributed by atoms with van der Waals surface area (Å²) in [6.45, 7) is 4.65. The van der Waals surface area contributed by atoms with Crippen molar-refractivity contribution in [3.63, 3.8) is 0 Å². The van der Waals surface area contributed by atoms with Gasteiger partial charge in [-0.1, -0.05) is 86.6 Å². The number of carbonyl (C=O) groups excluding carboxylic acids is 8. The Morgan fingerprint density at radius 1 is 0.692 bits per heavy atom. The molecule has 492 valence electrons. The van der Waals surface area contributed by atoms with Gasteiger partial charge in [-0.25, -0.2) is 13.1 Å². The number of nitrogens with two attached hydrogens (primary N) is 2. The number of guanidine groups is 1. The summed E-state index contributed by atoms with van der Waals surface area (Å²) < 4.78 is 38.5. The van der Waals surface area contributed by atoms with Crippen molar-refractivity contribution in [3.8, 4) is 11.5 Å². The van der Waals surface area contributed by atoms with Crippen LogP contribution in [0.25, 0.3) is 10.9 Å². The predicted molar refractivity (Wildman–Crippen MR) is 340 cm³/mol. The Hall–Kier alpha value is -9.12. The first-order valence-electron chi connectivity index (χ1n) is 30.1. The fraction of sp³-hybridized carbons (Fsp3) is 0.444. The third-order valence-corrected chi connectivity index (χ3v) is 15.7. The molecule has 27 nitrogen and oxygen atoms in total. The van der Waals surface area contributed by atoms with Gasteiger partial charge in [0.15, 0.2) is 5.96 Å². The van der Waals surface area contributed by atoms with Gasteiger partial charge in [-0.3, -0.25) is 43.3 Å². The average molecular weight is 1280 g/mol. The number of hydrogen-bond acceptors (Lipinski definition) is 15. The fourth-order valence-corrected chi connectivity index (χ4v) is 11.1. The number of amides is 8. The van der Waals surface area contributed by atoms with Gasteiger partial charge in [0.05, 0.1) is 33.2 Å². The van der Waals surface area contributed by atoms with Crippen LogP contribution in [-0.4, -0.2) is 176 Å². The van der Waals surface area contributed by atoms with E-state index in [-0.39, 0.29) is 81.8 Å². The minimum atomic E-state index is -4.04. The molecule has 0 saturated carbocycles. The van der Waals surface area contributed by atoms with Gasteiger partial charge in [-0.2, -0.15) is 0 Å². The van der Waals surface area contributed by atoms with Gasteiger partial charge in [0.1, 0.15) is 59.8 Å². The number of aromatic nitrogens is 1. The average Bonchev–Trinajstić information content (AvgIpc) is 1.95. The number of aliphatic hydroxyl groups excluding tert-OH is 1. The molecule has 0 bridgehead atoms. The second-order valence-corrected chi connectivity index (χ2v) is 24.4. The Kier molecular flexibility index (Phi) is 27.1. The normalized spacial score (nSPS) is 15.4. The number of benzene rings is 4. The fourth-order valence-electron chi connectivity index (χ4n) is 10.4. The van der Waals surface area contributed by atoms with Crippen LogP contribution in [0, 0.1) is 5.92 Å². The number of likely N-dealkylation sites (tertiary alicyclic amines) is 1. The van der Waals surface area contributed by atoms with Gasteiger partial charge in [0.2, 0.25) is 57.3 Å². The zero-order valence-corrected chi connectivity index (χ0v) is 52.6. The molecule has 4 aromatic carbocycles. The van der Waals surface area contributed by atoms with Crippen LogP contribution in [0.5, 0.6) is 11.5 Å². The van der Waals surface area contributed by atoms with E-state index in [2.05, 4.69) is 51.9 Å². The number of phenolic OH excluding ortho intramolecular Hbond substituents is 1. The third kappa shape index (κ3) is 22.4. The lowest BCUT2D eigenvalue weighted by molar-refractivity contribution is -0.142. The number of methoxy groups -OCH3 is 1. The maximum atomic E-state index is 14.9. The first-order chi connectivity index (χ1) is 43.4. The lowest BCUT2D eigenvalue weighted by atomic mass is 9.99. The van der Waals surface area contributed by atoms with E-state index in [1.54, 1.807) is 92.0 Å². The standard InChI is InChI=1S/C63H85N13O14S/c1-6-66-61(85)54-19-13-29-76(54)62(86)47(18-12-28-67-63(64)65)69-55(79)48(30-38(2)3)70-56(80)49(32-40-22-26-44(89-4)27-23-40)71-57(81)50(31-39-20-24-43(78)25-21-39)72-59(83)52(35-77)74-58(82)51(33-42-34-68-46-17-11-10-16-45(42)46)73-60(84)53(75-91(5,87)88)37-90-36-41-14-8-7-9-15-41/h7-11,14-17,20-27,34,38,47-54,68,75,77-78H,6,12-13,18-19,28-33,35-37H2,1-5H3,(H,66,85)(H,69,79)(H,70,80)(H,71,81)(H,72,83)(H,73,84)(H,74,82)(H4,64,65,67)/t47-,48-,49+,50-,51-,52-,53-,54-/m0/s1. The van der Waals surface area contributed by atoms with E-state index in [0.717, 1.165) is 11.8 Å². The zero-order chi connectivity index (χ0) is 66.2. The highest BCUT2D eigenvalue weighted by Crippen LogP contribution is 2.23. The highest BCUT2D eigenvalue weighted by atomic mass is 32.2. The molecule has 0 radical (unpaired) electrons. The number of likely N-dealkylation sites (N-methyl/N-ethyl adjacent to an activating group) is 1. The van der Waals surface area contributed by atoms with E-state index in [9.17, 15) is 57.0 Å². The Morgan fingerprint density at radius 2 is 1.23 bits per heavy atom. The maximum absolute atomic E-state index is 14.9. The lowest BCUT2D eigenvalue weighted by Gasteiger charge is -2.30. The SMILES string of the molecule is CCNC(=O)[C@@H]1CCCN1C(=O)[C@H](CCCN=C(N)N)NC(=O)[C@H](CC(C)C)NC(=O)[C@@H](Cc1ccc(OC)cc1)NC(=O)[C@H](Cc1ccc(O)cc1)NC(=O)[C@H](CO)NC(=O)[C@H](Cc1c[nH]c2ccccc12)NC(=O)[C@H](COCc1ccccc1)NS(C)(=O)=O. The van der Waals surface area contributed by atoms with Crippen LogP contribution in [0.1, 0.15) is 75.1 Å². The number of phenols is 1. The smallest absolute Gasteiger partial charge is 0.245 e. The Bertz CT molecular complexity index is 3400. The summed E-state index contributed by atoms with van der Waals surface area (Å²) in [7, 11) is -2.57. The monoisotopic (exact) mass is 1280 g/mol. The van der Waals surface area contributed by atoms with Crippen LogP contribution >= 0.6 is 0 Å². The number of carbonyl (C=O) groups is 8. The molecule has 1 fully saturated rings. The van der Waals surface area contributed by atoms with Crippen molar-refractivity contribution >= 4 is 74.1 Å². The highest BCUT2D eigenvalue weighted by molar-refractivity contribution is 7.88. The number of nitrogens with one attached hydrogen (secondary N) is 9. The van der Waals surface area contributed by atoms with Gasteiger partial charge >= 0.3 is 0 Å². The summed E-state index contributed by atoms with van der Waals surface area (Å²) in [5.41, 5.74) is 14.1. The number of H-pyrrole nitrogens is 1. The Morgan fingerprint density at radius 3 is 1.81 bits per heavy atom. The van der Waals surface area contributed by atoms with Crippen molar-refractivity contribution in [2.75, 3.05) is 46.2 Å². The Balaban J connectivity index is 1.27. The molecule has 5 aromatic rings. The largest absolute Gasteiger partial charge is 0.508 e. The van der Waals surface area contributed by atoms with Gasteiger partial charge in [-0.05, 0) is 97.5 Å². The number of aliphatic hydroxyl groups is 1. The highest BCUT2D eigenvalue weighted by Gasteiger charge is 2.39. The Labute approximate surface area is 529 Å². The first kappa shape index (κ1) is 71.0. The molecular formula is C63H85N13O14S. The van der Waals surface area contributed by atoms with E-state index < -0.39 is 113 Å². The zero-order valence-electron chi connectivity index (χ0n) is 51.7. The van der Waals surface area contributed by atoms with Crippen molar-refractivity contribution in [1.29, 1.82) is 0 Å². The minimum Gasteiger partial charge on any atom is -0.508 e. The van der Waals surface area contributed by atoms with Gasteiger partial charge in [-0.15, -0.1) is 0 Å². The number of aromatic amines is 1. The molecule has 0 spiro atoms. The molecule has 91 heavy (non-hydrogen) atoms. The van der Waals surface area contributed by atoms with Gasteiger partial charge in [0, 0.05) is 56.0 Å². The lowest BCUT2D eigenvalue weighted by Crippen LogP contribution is -2.61. The molecule has 1 saturated heterocycles. The molecule has 2 heterocycles. The summed E-state index contributed by atoms with van der Waals surface area (Å²) >= 11 is 0. The molecule has 28 heteroatoms. The van der Waals surface area contributed by atoms with Crippen LogP contribution < -0.4 is 58.1 Å². The minimum absolute atomic E-state index is 0.0153. The topological polar surface area (TPSA) is 409 Å². The van der Waals surface area contributed by atoms with Crippen LogP contribution in [0.4, 0.5) is 0 Å². The molecule has 8 atom stereocenters.